The van der Waals surface area contributed by atoms with Crippen LogP contribution in [0.1, 0.15) is 30.4 Å². The Morgan fingerprint density at radius 1 is 1.48 bits per heavy atom. The molecule has 0 aromatic carbocycles. The first-order valence-electron chi connectivity index (χ1n) is 6.79. The van der Waals surface area contributed by atoms with E-state index in [2.05, 4.69) is 9.71 Å². The van der Waals surface area contributed by atoms with E-state index in [4.69, 9.17) is 10.00 Å². The number of nitrogens with zero attached hydrogens (tertiary/aromatic N) is 2. The van der Waals surface area contributed by atoms with Crippen LogP contribution in [0.3, 0.4) is 0 Å². The van der Waals surface area contributed by atoms with Crippen LogP contribution in [0, 0.1) is 16.7 Å². The largest absolute Gasteiger partial charge is 0.384 e. The van der Waals surface area contributed by atoms with Crippen LogP contribution in [0.4, 0.5) is 0 Å². The molecule has 0 radical (unpaired) electrons. The van der Waals surface area contributed by atoms with Crippen LogP contribution < -0.4 is 4.72 Å². The van der Waals surface area contributed by atoms with Gasteiger partial charge in [-0.05, 0) is 24.5 Å². The Bertz CT molecular complexity index is 633. The molecule has 6 nitrogen and oxygen atoms in total. The number of rotatable bonds is 7. The predicted octanol–water partition coefficient (Wildman–Crippen LogP) is 1.19. The average Bonchev–Trinajstić information content (AvgIpc) is 2.43. The van der Waals surface area contributed by atoms with Crippen LogP contribution >= 0.6 is 0 Å². The number of hydrogen-bond donors (Lipinski definition) is 1. The molecular weight excluding hydrogens is 290 g/mol. The summed E-state index contributed by atoms with van der Waals surface area (Å²) in [6, 6.07) is 3.61. The van der Waals surface area contributed by atoms with E-state index in [0.717, 1.165) is 19.3 Å². The molecule has 0 spiro atoms. The van der Waals surface area contributed by atoms with E-state index in [1.807, 2.05) is 6.07 Å². The summed E-state index contributed by atoms with van der Waals surface area (Å²) in [7, 11) is -1.78. The van der Waals surface area contributed by atoms with Crippen molar-refractivity contribution in [1.29, 1.82) is 5.26 Å². The van der Waals surface area contributed by atoms with E-state index in [1.54, 1.807) is 19.4 Å². The van der Waals surface area contributed by atoms with Gasteiger partial charge in [0.05, 0.1) is 17.9 Å². The molecule has 1 saturated carbocycles. The molecule has 21 heavy (non-hydrogen) atoms. The molecule has 0 atom stereocenters. The van der Waals surface area contributed by atoms with Gasteiger partial charge in [0.25, 0.3) is 0 Å². The Morgan fingerprint density at radius 3 is 2.81 bits per heavy atom. The number of nitriles is 1. The summed E-state index contributed by atoms with van der Waals surface area (Å²) < 4.78 is 32.1. The van der Waals surface area contributed by atoms with E-state index in [0.29, 0.717) is 17.7 Å². The van der Waals surface area contributed by atoms with Gasteiger partial charge >= 0.3 is 0 Å². The Kier molecular flexibility index (Phi) is 4.93. The normalized spacial score (nSPS) is 17.0. The van der Waals surface area contributed by atoms with Crippen LogP contribution in [0.5, 0.6) is 0 Å². The second kappa shape index (κ2) is 6.52. The van der Waals surface area contributed by atoms with Crippen LogP contribution in [0.25, 0.3) is 0 Å². The van der Waals surface area contributed by atoms with Crippen LogP contribution in [0.15, 0.2) is 18.5 Å². The summed E-state index contributed by atoms with van der Waals surface area (Å²) in [6.45, 7) is 0.618. The van der Waals surface area contributed by atoms with Crippen molar-refractivity contribution in [3.63, 3.8) is 0 Å². The highest BCUT2D eigenvalue weighted by Crippen LogP contribution is 2.42. The zero-order chi connectivity index (χ0) is 15.3. The minimum absolute atomic E-state index is 0.0825. The fourth-order valence-corrected chi connectivity index (χ4v) is 4.27. The third-order valence-corrected chi connectivity index (χ3v) is 5.36. The zero-order valence-corrected chi connectivity index (χ0v) is 12.8. The van der Waals surface area contributed by atoms with E-state index in [9.17, 15) is 8.42 Å². The molecule has 1 aliphatic carbocycles. The molecule has 1 fully saturated rings. The van der Waals surface area contributed by atoms with Gasteiger partial charge < -0.3 is 4.74 Å². The Balaban J connectivity index is 1.96. The van der Waals surface area contributed by atoms with Crippen molar-refractivity contribution in [3.05, 3.63) is 29.6 Å². The summed E-state index contributed by atoms with van der Waals surface area (Å²) in [5.41, 5.74) is 0.849. The molecule has 0 saturated heterocycles. The molecule has 1 aromatic rings. The first kappa shape index (κ1) is 15.9. The monoisotopic (exact) mass is 309 g/mol. The highest BCUT2D eigenvalue weighted by atomic mass is 32.2. The fourth-order valence-electron chi connectivity index (χ4n) is 2.61. The SMILES string of the molecule is COCC1(CS(=O)(=O)NCc2cncc(C#N)c2)CCC1. The maximum Gasteiger partial charge on any atom is 0.212 e. The molecule has 1 heterocycles. The minimum Gasteiger partial charge on any atom is -0.384 e. The molecule has 7 heteroatoms. The summed E-state index contributed by atoms with van der Waals surface area (Å²) in [6.07, 6.45) is 5.81. The fraction of sp³-hybridized carbons (Fsp3) is 0.571. The van der Waals surface area contributed by atoms with Gasteiger partial charge in [-0.2, -0.15) is 5.26 Å². The molecule has 2 rings (SSSR count). The Hall–Kier alpha value is -1.49. The summed E-state index contributed by atoms with van der Waals surface area (Å²) in [5.74, 6) is 0.0825. The lowest BCUT2D eigenvalue weighted by Crippen LogP contribution is -2.44. The molecule has 1 aromatic heterocycles. The molecular formula is C14H19N3O3S. The number of hydrogen-bond acceptors (Lipinski definition) is 5. The number of sulfonamides is 1. The van der Waals surface area contributed by atoms with Crippen LogP contribution in [-0.4, -0.2) is 32.9 Å². The quantitative estimate of drug-likeness (QED) is 0.816. The van der Waals surface area contributed by atoms with Gasteiger partial charge in [-0.15, -0.1) is 0 Å². The van der Waals surface area contributed by atoms with Crippen molar-refractivity contribution in [3.8, 4) is 6.07 Å². The van der Waals surface area contributed by atoms with Gasteiger partial charge in [0, 0.05) is 31.5 Å². The van der Waals surface area contributed by atoms with E-state index < -0.39 is 10.0 Å². The van der Waals surface area contributed by atoms with Crippen molar-refractivity contribution in [1.82, 2.24) is 9.71 Å². The van der Waals surface area contributed by atoms with Crippen molar-refractivity contribution in [2.45, 2.75) is 25.8 Å². The Labute approximate surface area is 125 Å². The van der Waals surface area contributed by atoms with Crippen LogP contribution in [0.2, 0.25) is 0 Å². The first-order valence-corrected chi connectivity index (χ1v) is 8.44. The summed E-state index contributed by atoms with van der Waals surface area (Å²) >= 11 is 0. The van der Waals surface area contributed by atoms with Crippen LogP contribution in [-0.2, 0) is 21.3 Å². The van der Waals surface area contributed by atoms with Crippen molar-refractivity contribution < 1.29 is 13.2 Å². The topological polar surface area (TPSA) is 92.1 Å². The lowest BCUT2D eigenvalue weighted by atomic mass is 9.71. The van der Waals surface area contributed by atoms with E-state index >= 15 is 0 Å². The highest BCUT2D eigenvalue weighted by molar-refractivity contribution is 7.89. The third kappa shape index (κ3) is 4.24. The lowest BCUT2D eigenvalue weighted by molar-refractivity contribution is 0.0356. The summed E-state index contributed by atoms with van der Waals surface area (Å²) in [5, 5.41) is 8.80. The van der Waals surface area contributed by atoms with Crippen molar-refractivity contribution in [2.75, 3.05) is 19.5 Å². The molecule has 0 unspecified atom stereocenters. The number of ether oxygens (including phenoxy) is 1. The molecule has 0 amide bonds. The second-order valence-electron chi connectivity index (χ2n) is 5.56. The Morgan fingerprint density at radius 2 is 2.24 bits per heavy atom. The maximum atomic E-state index is 12.2. The lowest BCUT2D eigenvalue weighted by Gasteiger charge is -2.40. The second-order valence-corrected chi connectivity index (χ2v) is 7.37. The van der Waals surface area contributed by atoms with Gasteiger partial charge in [-0.3, -0.25) is 4.98 Å². The highest BCUT2D eigenvalue weighted by Gasteiger charge is 2.40. The van der Waals surface area contributed by atoms with Gasteiger partial charge in [0.2, 0.25) is 10.0 Å². The van der Waals surface area contributed by atoms with Gasteiger partial charge in [-0.1, -0.05) is 6.42 Å². The molecule has 0 aliphatic heterocycles. The number of methoxy groups -OCH3 is 1. The zero-order valence-electron chi connectivity index (χ0n) is 12.0. The van der Waals surface area contributed by atoms with E-state index in [1.165, 1.54) is 6.20 Å². The number of nitrogens with one attached hydrogen (secondary N) is 1. The average molecular weight is 309 g/mol. The molecule has 1 N–H and O–H groups in total. The van der Waals surface area contributed by atoms with Gasteiger partial charge in [-0.25, -0.2) is 13.1 Å². The predicted molar refractivity (Wildman–Crippen MR) is 77.7 cm³/mol. The van der Waals surface area contributed by atoms with E-state index in [-0.39, 0.29) is 17.7 Å². The first-order chi connectivity index (χ1) is 9.99. The molecule has 114 valence electrons. The standard InChI is InChI=1S/C14H19N3O3S/c1-20-10-14(3-2-4-14)11-21(18,19)17-9-13-5-12(6-15)7-16-8-13/h5,7-8,17H,2-4,9-11H2,1H3. The number of pyridine rings is 1. The molecule has 1 aliphatic rings. The van der Waals surface area contributed by atoms with Crippen molar-refractivity contribution in [2.24, 2.45) is 5.41 Å². The van der Waals surface area contributed by atoms with Gasteiger partial charge in [0.1, 0.15) is 6.07 Å². The van der Waals surface area contributed by atoms with Crippen molar-refractivity contribution >= 4 is 10.0 Å². The maximum absolute atomic E-state index is 12.2. The minimum atomic E-state index is -3.38. The summed E-state index contributed by atoms with van der Waals surface area (Å²) in [4.78, 5) is 3.91. The van der Waals surface area contributed by atoms with Gasteiger partial charge in [0.15, 0.2) is 0 Å². The third-order valence-electron chi connectivity index (χ3n) is 3.78. The number of aromatic nitrogens is 1. The smallest absolute Gasteiger partial charge is 0.212 e. The molecule has 0 bridgehead atoms.